The zero-order chi connectivity index (χ0) is 16.6. The van der Waals surface area contributed by atoms with Crippen molar-refractivity contribution in [3.63, 3.8) is 0 Å². The second-order valence-electron chi connectivity index (χ2n) is 6.69. The summed E-state index contributed by atoms with van der Waals surface area (Å²) in [5.74, 6) is -0.172. The Morgan fingerprint density at radius 1 is 1.22 bits per heavy atom. The number of nitrogens with one attached hydrogen (secondary N) is 1. The Hall–Kier alpha value is -1.40. The number of benzene rings is 1. The van der Waals surface area contributed by atoms with Gasteiger partial charge in [0.2, 0.25) is 10.0 Å². The number of carbonyl (C=O) groups excluding carboxylic acids is 1. The second-order valence-corrected chi connectivity index (χ2v) is 8.58. The standard InChI is InChI=1S/C17H24N2O3S/c1-12-6-9-15(11-16(12)17(20)18-14-7-8-14)23(21,22)19-10-4-3-5-13(19)2/h6,9,11,13-14H,3-5,7-8,10H2,1-2H3,(H,18,20). The average Bonchev–Trinajstić information content (AvgIpc) is 3.31. The van der Waals surface area contributed by atoms with E-state index in [9.17, 15) is 13.2 Å². The molecule has 1 saturated carbocycles. The normalized spacial score (nSPS) is 22.8. The van der Waals surface area contributed by atoms with Crippen molar-refractivity contribution in [2.75, 3.05) is 6.54 Å². The fraction of sp³-hybridized carbons (Fsp3) is 0.588. The molecule has 1 aromatic carbocycles. The highest BCUT2D eigenvalue weighted by molar-refractivity contribution is 7.89. The van der Waals surface area contributed by atoms with Crippen molar-refractivity contribution in [3.8, 4) is 0 Å². The van der Waals surface area contributed by atoms with Crippen LogP contribution in [0.5, 0.6) is 0 Å². The third kappa shape index (κ3) is 3.43. The van der Waals surface area contributed by atoms with Gasteiger partial charge in [-0.2, -0.15) is 4.31 Å². The largest absolute Gasteiger partial charge is 0.349 e. The average molecular weight is 336 g/mol. The molecule has 0 spiro atoms. The van der Waals surface area contributed by atoms with E-state index in [1.165, 1.54) is 6.07 Å². The van der Waals surface area contributed by atoms with Crippen LogP contribution in [0.2, 0.25) is 0 Å². The fourth-order valence-corrected chi connectivity index (χ4v) is 4.79. The molecular formula is C17H24N2O3S. The fourth-order valence-electron chi connectivity index (χ4n) is 3.06. The molecule has 0 bridgehead atoms. The van der Waals surface area contributed by atoms with E-state index < -0.39 is 10.0 Å². The lowest BCUT2D eigenvalue weighted by atomic mass is 10.1. The minimum absolute atomic E-state index is 0.0128. The summed E-state index contributed by atoms with van der Waals surface area (Å²) in [5.41, 5.74) is 1.26. The van der Waals surface area contributed by atoms with Gasteiger partial charge in [-0.25, -0.2) is 8.42 Å². The van der Waals surface area contributed by atoms with Gasteiger partial charge in [-0.1, -0.05) is 12.5 Å². The highest BCUT2D eigenvalue weighted by Crippen LogP contribution is 2.27. The maximum absolute atomic E-state index is 12.9. The molecule has 2 aliphatic rings. The van der Waals surface area contributed by atoms with E-state index >= 15 is 0 Å². The minimum Gasteiger partial charge on any atom is -0.349 e. The van der Waals surface area contributed by atoms with Crippen molar-refractivity contribution >= 4 is 15.9 Å². The summed E-state index contributed by atoms with van der Waals surface area (Å²) in [6.45, 7) is 4.34. The quantitative estimate of drug-likeness (QED) is 0.918. The van der Waals surface area contributed by atoms with Crippen molar-refractivity contribution in [2.24, 2.45) is 0 Å². The first-order chi connectivity index (χ1) is 10.9. The molecule has 0 aromatic heterocycles. The second kappa shape index (κ2) is 6.24. The summed E-state index contributed by atoms with van der Waals surface area (Å²) in [7, 11) is -3.54. The van der Waals surface area contributed by atoms with E-state index in [0.717, 1.165) is 37.7 Å². The highest BCUT2D eigenvalue weighted by Gasteiger charge is 2.32. The number of hydrogen-bond donors (Lipinski definition) is 1. The molecule has 1 aliphatic carbocycles. The summed E-state index contributed by atoms with van der Waals surface area (Å²) in [5, 5.41) is 2.93. The predicted molar refractivity (Wildman–Crippen MR) is 88.9 cm³/mol. The number of amides is 1. The van der Waals surface area contributed by atoms with Gasteiger partial charge in [0, 0.05) is 24.2 Å². The van der Waals surface area contributed by atoms with E-state index in [1.807, 2.05) is 13.8 Å². The summed E-state index contributed by atoms with van der Waals surface area (Å²) in [6, 6.07) is 5.13. The van der Waals surface area contributed by atoms with Gasteiger partial charge in [0.25, 0.3) is 5.91 Å². The first-order valence-electron chi connectivity index (χ1n) is 8.33. The Kier molecular flexibility index (Phi) is 4.47. The zero-order valence-electron chi connectivity index (χ0n) is 13.7. The molecule has 1 saturated heterocycles. The van der Waals surface area contributed by atoms with Crippen LogP contribution in [0.1, 0.15) is 54.9 Å². The Labute approximate surface area is 138 Å². The van der Waals surface area contributed by atoms with Crippen LogP contribution < -0.4 is 5.32 Å². The van der Waals surface area contributed by atoms with Crippen LogP contribution in [0.25, 0.3) is 0 Å². The van der Waals surface area contributed by atoms with Gasteiger partial charge >= 0.3 is 0 Å². The maximum Gasteiger partial charge on any atom is 0.251 e. The molecule has 5 nitrogen and oxygen atoms in total. The van der Waals surface area contributed by atoms with Gasteiger partial charge < -0.3 is 5.32 Å². The smallest absolute Gasteiger partial charge is 0.251 e. The molecule has 6 heteroatoms. The minimum atomic E-state index is -3.54. The third-order valence-corrected chi connectivity index (χ3v) is 6.72. The lowest BCUT2D eigenvalue weighted by Gasteiger charge is -2.32. The Bertz CT molecular complexity index is 711. The van der Waals surface area contributed by atoms with Crippen LogP contribution in [-0.2, 0) is 10.0 Å². The van der Waals surface area contributed by atoms with Crippen LogP contribution in [0, 0.1) is 6.92 Å². The summed E-state index contributed by atoms with van der Waals surface area (Å²) < 4.78 is 27.4. The van der Waals surface area contributed by atoms with Gasteiger partial charge in [-0.15, -0.1) is 0 Å². The maximum atomic E-state index is 12.9. The van der Waals surface area contributed by atoms with Gasteiger partial charge in [-0.3, -0.25) is 4.79 Å². The molecule has 1 atom stereocenters. The van der Waals surface area contributed by atoms with Crippen molar-refractivity contribution in [1.29, 1.82) is 0 Å². The molecule has 1 N–H and O–H groups in total. The van der Waals surface area contributed by atoms with Crippen molar-refractivity contribution in [2.45, 2.75) is 62.9 Å². The number of nitrogens with zero attached hydrogens (tertiary/aromatic N) is 1. The number of piperidine rings is 1. The van der Waals surface area contributed by atoms with Crippen molar-refractivity contribution < 1.29 is 13.2 Å². The molecule has 23 heavy (non-hydrogen) atoms. The first kappa shape index (κ1) is 16.5. The molecule has 0 radical (unpaired) electrons. The molecule has 3 rings (SSSR count). The molecule has 1 aliphatic heterocycles. The summed E-state index contributed by atoms with van der Waals surface area (Å²) in [6.07, 6.45) is 4.86. The first-order valence-corrected chi connectivity index (χ1v) is 9.77. The van der Waals surface area contributed by atoms with E-state index in [1.54, 1.807) is 16.4 Å². The molecule has 1 unspecified atom stereocenters. The van der Waals surface area contributed by atoms with E-state index in [0.29, 0.717) is 12.1 Å². The van der Waals surface area contributed by atoms with Gasteiger partial charge in [0.1, 0.15) is 0 Å². The van der Waals surface area contributed by atoms with Crippen LogP contribution in [-0.4, -0.2) is 37.3 Å². The van der Waals surface area contributed by atoms with E-state index in [4.69, 9.17) is 0 Å². The van der Waals surface area contributed by atoms with Crippen molar-refractivity contribution in [1.82, 2.24) is 9.62 Å². The van der Waals surface area contributed by atoms with Gasteiger partial charge in [0.15, 0.2) is 0 Å². The molecule has 1 aromatic rings. The topological polar surface area (TPSA) is 66.5 Å². The third-order valence-electron chi connectivity index (χ3n) is 4.71. The van der Waals surface area contributed by atoms with Crippen molar-refractivity contribution in [3.05, 3.63) is 29.3 Å². The summed E-state index contributed by atoms with van der Waals surface area (Å²) >= 11 is 0. The van der Waals surface area contributed by atoms with Gasteiger partial charge in [0.05, 0.1) is 4.90 Å². The Balaban J connectivity index is 1.91. The molecular weight excluding hydrogens is 312 g/mol. The number of carbonyl (C=O) groups is 1. The monoisotopic (exact) mass is 336 g/mol. The molecule has 126 valence electrons. The van der Waals surface area contributed by atoms with Crippen LogP contribution in [0.15, 0.2) is 23.1 Å². The number of hydrogen-bond acceptors (Lipinski definition) is 3. The van der Waals surface area contributed by atoms with Crippen LogP contribution in [0.3, 0.4) is 0 Å². The number of rotatable bonds is 4. The number of sulfonamides is 1. The number of aryl methyl sites for hydroxylation is 1. The molecule has 1 amide bonds. The summed E-state index contributed by atoms with van der Waals surface area (Å²) in [4.78, 5) is 12.5. The molecule has 1 heterocycles. The van der Waals surface area contributed by atoms with Crippen LogP contribution >= 0.6 is 0 Å². The SMILES string of the molecule is Cc1ccc(S(=O)(=O)N2CCCCC2C)cc1C(=O)NC1CC1. The predicted octanol–water partition coefficient (Wildman–Crippen LogP) is 2.45. The zero-order valence-corrected chi connectivity index (χ0v) is 14.5. The molecule has 2 fully saturated rings. The van der Waals surface area contributed by atoms with E-state index in [2.05, 4.69) is 5.32 Å². The van der Waals surface area contributed by atoms with Crippen LogP contribution in [0.4, 0.5) is 0 Å². The lowest BCUT2D eigenvalue weighted by molar-refractivity contribution is 0.0950. The Morgan fingerprint density at radius 3 is 2.61 bits per heavy atom. The van der Waals surface area contributed by atoms with Gasteiger partial charge in [-0.05, 0) is 57.2 Å². The highest BCUT2D eigenvalue weighted by atomic mass is 32.2. The Morgan fingerprint density at radius 2 is 1.96 bits per heavy atom. The van der Waals surface area contributed by atoms with E-state index in [-0.39, 0.29) is 22.9 Å². The lowest BCUT2D eigenvalue weighted by Crippen LogP contribution is -2.42.